The summed E-state index contributed by atoms with van der Waals surface area (Å²) >= 11 is 5.89. The highest BCUT2D eigenvalue weighted by Gasteiger charge is 2.41. The van der Waals surface area contributed by atoms with Crippen molar-refractivity contribution >= 4 is 21.6 Å². The quantitative estimate of drug-likeness (QED) is 0.782. The molecule has 2 rings (SSSR count). The fourth-order valence-corrected chi connectivity index (χ4v) is 3.95. The lowest BCUT2D eigenvalue weighted by Crippen LogP contribution is -2.32. The number of hydrogen-bond acceptors (Lipinski definition) is 3. The highest BCUT2D eigenvalue weighted by atomic mass is 35.5. The molecule has 0 unspecified atom stereocenters. The van der Waals surface area contributed by atoms with Gasteiger partial charge in [-0.3, -0.25) is 0 Å². The maximum atomic E-state index is 12.1. The highest BCUT2D eigenvalue weighted by Crippen LogP contribution is 2.47. The molecule has 21 heavy (non-hydrogen) atoms. The zero-order valence-corrected chi connectivity index (χ0v) is 13.5. The second-order valence-electron chi connectivity index (χ2n) is 5.60. The normalized spacial score (nSPS) is 22.5. The Bertz CT molecular complexity index is 622. The van der Waals surface area contributed by atoms with E-state index in [2.05, 4.69) is 11.6 Å². The number of sulfonamides is 1. The minimum absolute atomic E-state index is 0.00818. The van der Waals surface area contributed by atoms with Crippen molar-refractivity contribution in [2.75, 3.05) is 5.75 Å². The van der Waals surface area contributed by atoms with Crippen LogP contribution in [0.4, 0.5) is 0 Å². The van der Waals surface area contributed by atoms with Crippen LogP contribution in [-0.4, -0.2) is 14.2 Å². The van der Waals surface area contributed by atoms with Crippen LogP contribution in [0.2, 0.25) is 5.02 Å². The molecule has 1 aromatic carbocycles. The molecule has 0 saturated heterocycles. The first-order valence-electron chi connectivity index (χ1n) is 7.05. The Morgan fingerprint density at radius 3 is 2.57 bits per heavy atom. The Balaban J connectivity index is 2.11. The molecule has 6 heteroatoms. The van der Waals surface area contributed by atoms with Gasteiger partial charge >= 0.3 is 0 Å². The van der Waals surface area contributed by atoms with Crippen molar-refractivity contribution in [2.24, 2.45) is 11.8 Å². The van der Waals surface area contributed by atoms with Crippen LogP contribution in [0.25, 0.3) is 0 Å². The SMILES string of the molecule is C[C@@H]1C[C@@H]1[C@@H](NS(=O)(=O)CCCC#N)c1ccc(Cl)cc1. The van der Waals surface area contributed by atoms with E-state index >= 15 is 0 Å². The van der Waals surface area contributed by atoms with Gasteiger partial charge in [0.15, 0.2) is 0 Å². The first-order chi connectivity index (χ1) is 9.93. The molecular weight excluding hydrogens is 308 g/mol. The third-order valence-electron chi connectivity index (χ3n) is 3.84. The van der Waals surface area contributed by atoms with Crippen molar-refractivity contribution in [3.8, 4) is 6.07 Å². The van der Waals surface area contributed by atoms with E-state index < -0.39 is 10.0 Å². The molecule has 0 radical (unpaired) electrons. The molecule has 3 atom stereocenters. The third kappa shape index (κ3) is 4.70. The molecule has 1 saturated carbocycles. The van der Waals surface area contributed by atoms with Crippen LogP contribution in [0, 0.1) is 23.2 Å². The topological polar surface area (TPSA) is 70.0 Å². The molecule has 1 aromatic rings. The van der Waals surface area contributed by atoms with Gasteiger partial charge in [-0.1, -0.05) is 30.7 Å². The van der Waals surface area contributed by atoms with Crippen molar-refractivity contribution in [1.82, 2.24) is 4.72 Å². The van der Waals surface area contributed by atoms with Gasteiger partial charge in [-0.25, -0.2) is 13.1 Å². The fraction of sp³-hybridized carbons (Fsp3) is 0.533. The summed E-state index contributed by atoms with van der Waals surface area (Å²) in [7, 11) is -3.37. The van der Waals surface area contributed by atoms with Crippen LogP contribution in [0.5, 0.6) is 0 Å². The van der Waals surface area contributed by atoms with Crippen LogP contribution < -0.4 is 4.72 Å². The van der Waals surface area contributed by atoms with Crippen molar-refractivity contribution in [1.29, 1.82) is 5.26 Å². The van der Waals surface area contributed by atoms with E-state index in [1.54, 1.807) is 12.1 Å². The molecule has 0 bridgehead atoms. The van der Waals surface area contributed by atoms with Gasteiger partial charge in [-0.15, -0.1) is 0 Å². The average molecular weight is 327 g/mol. The number of nitrogens with zero attached hydrogens (tertiary/aromatic N) is 1. The minimum atomic E-state index is -3.37. The van der Waals surface area contributed by atoms with Crippen LogP contribution in [0.1, 0.15) is 37.8 Å². The third-order valence-corrected chi connectivity index (χ3v) is 5.53. The Labute approximate surface area is 131 Å². The van der Waals surface area contributed by atoms with E-state index in [1.807, 2.05) is 18.2 Å². The number of rotatable bonds is 7. The second-order valence-corrected chi connectivity index (χ2v) is 7.91. The highest BCUT2D eigenvalue weighted by molar-refractivity contribution is 7.89. The summed E-state index contributed by atoms with van der Waals surface area (Å²) < 4.78 is 27.1. The lowest BCUT2D eigenvalue weighted by molar-refractivity contribution is 0.512. The molecule has 0 amide bonds. The van der Waals surface area contributed by atoms with E-state index in [4.69, 9.17) is 16.9 Å². The van der Waals surface area contributed by atoms with E-state index in [1.165, 1.54) is 0 Å². The van der Waals surface area contributed by atoms with Gasteiger partial charge in [-0.05, 0) is 42.4 Å². The first kappa shape index (κ1) is 16.3. The number of hydrogen-bond donors (Lipinski definition) is 1. The summed E-state index contributed by atoms with van der Waals surface area (Å²) in [5.74, 6) is 0.843. The molecule has 1 aliphatic carbocycles. The lowest BCUT2D eigenvalue weighted by Gasteiger charge is -2.19. The van der Waals surface area contributed by atoms with Crippen LogP contribution in [0.15, 0.2) is 24.3 Å². The molecule has 1 aliphatic rings. The van der Waals surface area contributed by atoms with E-state index in [9.17, 15) is 8.42 Å². The summed E-state index contributed by atoms with van der Waals surface area (Å²) in [6.45, 7) is 2.12. The number of halogens is 1. The first-order valence-corrected chi connectivity index (χ1v) is 9.08. The van der Waals surface area contributed by atoms with E-state index in [-0.39, 0.29) is 18.2 Å². The number of benzene rings is 1. The molecule has 0 aliphatic heterocycles. The van der Waals surface area contributed by atoms with E-state index in [0.29, 0.717) is 23.3 Å². The van der Waals surface area contributed by atoms with Crippen LogP contribution >= 0.6 is 11.6 Å². The van der Waals surface area contributed by atoms with Crippen molar-refractivity contribution in [2.45, 2.75) is 32.2 Å². The maximum Gasteiger partial charge on any atom is 0.212 e. The second kappa shape index (κ2) is 6.78. The molecule has 4 nitrogen and oxygen atoms in total. The average Bonchev–Trinajstić information content (AvgIpc) is 3.14. The monoisotopic (exact) mass is 326 g/mol. The summed E-state index contributed by atoms with van der Waals surface area (Å²) in [6.07, 6.45) is 1.64. The van der Waals surface area contributed by atoms with Gasteiger partial charge < -0.3 is 0 Å². The molecule has 114 valence electrons. The molecule has 1 N–H and O–H groups in total. The van der Waals surface area contributed by atoms with Crippen LogP contribution in [0.3, 0.4) is 0 Å². The van der Waals surface area contributed by atoms with Gasteiger partial charge in [0.1, 0.15) is 0 Å². The van der Waals surface area contributed by atoms with Crippen molar-refractivity contribution in [3.63, 3.8) is 0 Å². The molecular formula is C15H19ClN2O2S. The number of nitriles is 1. The Hall–Kier alpha value is -1.09. The van der Waals surface area contributed by atoms with Crippen molar-refractivity contribution < 1.29 is 8.42 Å². The fourth-order valence-electron chi connectivity index (χ4n) is 2.48. The van der Waals surface area contributed by atoms with Gasteiger partial charge in [0, 0.05) is 17.5 Å². The summed E-state index contributed by atoms with van der Waals surface area (Å²) in [6, 6.07) is 9.06. The largest absolute Gasteiger partial charge is 0.212 e. The summed E-state index contributed by atoms with van der Waals surface area (Å²) in [5.41, 5.74) is 0.942. The minimum Gasteiger partial charge on any atom is -0.212 e. The maximum absolute atomic E-state index is 12.1. The Morgan fingerprint density at radius 1 is 1.43 bits per heavy atom. The number of unbranched alkanes of at least 4 members (excludes halogenated alkanes) is 1. The van der Waals surface area contributed by atoms with Gasteiger partial charge in [-0.2, -0.15) is 5.26 Å². The molecule has 0 aromatic heterocycles. The summed E-state index contributed by atoms with van der Waals surface area (Å²) in [4.78, 5) is 0. The van der Waals surface area contributed by atoms with Gasteiger partial charge in [0.05, 0.1) is 11.8 Å². The lowest BCUT2D eigenvalue weighted by atomic mass is 10.0. The predicted molar refractivity (Wildman–Crippen MR) is 83.2 cm³/mol. The molecule has 0 heterocycles. The standard InChI is InChI=1S/C15H19ClN2O2S/c1-11-10-14(11)15(12-4-6-13(16)7-5-12)18-21(19,20)9-3-2-8-17/h4-7,11,14-15,18H,2-3,9-10H2,1H3/t11-,14+,15+/m1/s1. The zero-order chi connectivity index (χ0) is 15.5. The zero-order valence-electron chi connectivity index (χ0n) is 11.9. The number of nitrogens with one attached hydrogen (secondary N) is 1. The smallest absolute Gasteiger partial charge is 0.212 e. The molecule has 0 spiro atoms. The van der Waals surface area contributed by atoms with Crippen molar-refractivity contribution in [3.05, 3.63) is 34.9 Å². The van der Waals surface area contributed by atoms with Crippen LogP contribution in [-0.2, 0) is 10.0 Å². The van der Waals surface area contributed by atoms with E-state index in [0.717, 1.165) is 12.0 Å². The summed E-state index contributed by atoms with van der Waals surface area (Å²) in [5, 5.41) is 9.14. The predicted octanol–water partition coefficient (Wildman–Crippen LogP) is 3.26. The molecule has 1 fully saturated rings. The Kier molecular flexibility index (Phi) is 5.26. The Morgan fingerprint density at radius 2 is 2.05 bits per heavy atom. The van der Waals surface area contributed by atoms with Gasteiger partial charge in [0.25, 0.3) is 0 Å². The van der Waals surface area contributed by atoms with Gasteiger partial charge in [0.2, 0.25) is 10.0 Å².